The van der Waals surface area contributed by atoms with Crippen molar-refractivity contribution in [2.24, 2.45) is 0 Å². The minimum Gasteiger partial charge on any atom is -0.316 e. The van der Waals surface area contributed by atoms with Crippen LogP contribution in [0.25, 0.3) is 0 Å². The lowest BCUT2D eigenvalue weighted by Gasteiger charge is -2.07. The van der Waals surface area contributed by atoms with E-state index in [1.54, 1.807) is 7.05 Å². The molecule has 0 spiro atoms. The largest absolute Gasteiger partial charge is 0.316 e. The van der Waals surface area contributed by atoms with Crippen molar-refractivity contribution in [2.75, 3.05) is 7.05 Å². The van der Waals surface area contributed by atoms with E-state index in [1.807, 2.05) is 0 Å². The van der Waals surface area contributed by atoms with E-state index in [1.165, 1.54) is 24.4 Å². The first-order valence-electron chi connectivity index (χ1n) is 5.46. The van der Waals surface area contributed by atoms with Gasteiger partial charge in [-0.25, -0.2) is 13.8 Å². The van der Waals surface area contributed by atoms with Crippen LogP contribution in [0.4, 0.5) is 8.78 Å². The third-order valence-corrected chi connectivity index (χ3v) is 3.28. The predicted molar refractivity (Wildman–Crippen MR) is 68.1 cm³/mol. The molecule has 100 valence electrons. The molecule has 0 atom stereocenters. The van der Waals surface area contributed by atoms with Gasteiger partial charge in [0.2, 0.25) is 0 Å². The smallest absolute Gasteiger partial charge is 0.251 e. The number of halogens is 2. The molecule has 0 radical (unpaired) electrons. The second-order valence-corrected chi connectivity index (χ2v) is 4.76. The van der Waals surface area contributed by atoms with E-state index in [0.717, 1.165) is 11.8 Å². The molecule has 1 aromatic carbocycles. The van der Waals surface area contributed by atoms with Gasteiger partial charge in [0.15, 0.2) is 5.16 Å². The van der Waals surface area contributed by atoms with Crippen LogP contribution in [0.15, 0.2) is 39.2 Å². The standard InChI is InChI=1S/C12H11F2N3OS/c1-15-6-7-4-8(13)11(9(14)5-7)19-12-16-3-2-10(18)17-12/h2-5,15H,6H2,1H3,(H,16,17,18). The van der Waals surface area contributed by atoms with Crippen molar-refractivity contribution >= 4 is 11.8 Å². The number of benzene rings is 1. The third kappa shape index (κ3) is 3.39. The first-order chi connectivity index (χ1) is 9.10. The number of rotatable bonds is 4. The van der Waals surface area contributed by atoms with Crippen LogP contribution in [0.3, 0.4) is 0 Å². The molecule has 19 heavy (non-hydrogen) atoms. The van der Waals surface area contributed by atoms with Crippen LogP contribution in [0, 0.1) is 11.6 Å². The first kappa shape index (κ1) is 13.7. The molecule has 2 rings (SSSR count). The number of nitrogens with zero attached hydrogens (tertiary/aromatic N) is 1. The highest BCUT2D eigenvalue weighted by atomic mass is 32.2. The Hall–Kier alpha value is -1.73. The molecular weight excluding hydrogens is 272 g/mol. The van der Waals surface area contributed by atoms with Crippen LogP contribution in [0.1, 0.15) is 5.56 Å². The molecule has 2 aromatic rings. The van der Waals surface area contributed by atoms with Gasteiger partial charge in [-0.2, -0.15) is 0 Å². The number of aromatic nitrogens is 2. The number of aromatic amines is 1. The van der Waals surface area contributed by atoms with Gasteiger partial charge in [0, 0.05) is 18.8 Å². The molecule has 0 amide bonds. The highest BCUT2D eigenvalue weighted by Crippen LogP contribution is 2.30. The Morgan fingerprint density at radius 3 is 2.63 bits per heavy atom. The summed E-state index contributed by atoms with van der Waals surface area (Å²) in [5, 5.41) is 2.96. The van der Waals surface area contributed by atoms with Crippen LogP contribution in [0.2, 0.25) is 0 Å². The van der Waals surface area contributed by atoms with Gasteiger partial charge in [0.1, 0.15) is 11.6 Å². The average Bonchev–Trinajstić information content (AvgIpc) is 2.34. The molecule has 1 heterocycles. The van der Waals surface area contributed by atoms with E-state index < -0.39 is 11.6 Å². The molecular formula is C12H11F2N3OS. The number of hydrogen-bond acceptors (Lipinski definition) is 4. The molecule has 7 heteroatoms. The van der Waals surface area contributed by atoms with E-state index in [9.17, 15) is 13.6 Å². The molecule has 0 unspecified atom stereocenters. The summed E-state index contributed by atoms with van der Waals surface area (Å²) >= 11 is 0.745. The van der Waals surface area contributed by atoms with Gasteiger partial charge in [-0.1, -0.05) is 0 Å². The van der Waals surface area contributed by atoms with E-state index in [2.05, 4.69) is 15.3 Å². The predicted octanol–water partition coefficient (Wildman–Crippen LogP) is 1.92. The summed E-state index contributed by atoms with van der Waals surface area (Å²) in [6.45, 7) is 0.374. The van der Waals surface area contributed by atoms with E-state index >= 15 is 0 Å². The number of hydrogen-bond donors (Lipinski definition) is 2. The molecule has 0 aliphatic carbocycles. The van der Waals surface area contributed by atoms with Crippen molar-refractivity contribution in [3.05, 3.63) is 51.9 Å². The van der Waals surface area contributed by atoms with Crippen LogP contribution >= 0.6 is 11.8 Å². The fourth-order valence-corrected chi connectivity index (χ4v) is 2.29. The lowest BCUT2D eigenvalue weighted by molar-refractivity contribution is 0.535. The molecule has 0 saturated carbocycles. The summed E-state index contributed by atoms with van der Waals surface area (Å²) in [6.07, 6.45) is 1.28. The Balaban J connectivity index is 2.33. The molecule has 0 aliphatic rings. The Kier molecular flexibility index (Phi) is 4.28. The Bertz CT molecular complexity index is 622. The van der Waals surface area contributed by atoms with Crippen LogP contribution in [-0.2, 0) is 6.54 Å². The second kappa shape index (κ2) is 5.94. The average molecular weight is 283 g/mol. The van der Waals surface area contributed by atoms with Crippen LogP contribution in [-0.4, -0.2) is 17.0 Å². The summed E-state index contributed by atoms with van der Waals surface area (Å²) in [5.74, 6) is -1.36. The first-order valence-corrected chi connectivity index (χ1v) is 6.27. The lowest BCUT2D eigenvalue weighted by Crippen LogP contribution is -2.07. The maximum atomic E-state index is 13.8. The van der Waals surface area contributed by atoms with Crippen molar-refractivity contribution in [2.45, 2.75) is 16.6 Å². The zero-order chi connectivity index (χ0) is 13.8. The minimum atomic E-state index is -0.679. The third-order valence-electron chi connectivity index (χ3n) is 2.29. The van der Waals surface area contributed by atoms with Crippen molar-refractivity contribution in [3.8, 4) is 0 Å². The molecule has 2 N–H and O–H groups in total. The van der Waals surface area contributed by atoms with Crippen LogP contribution in [0.5, 0.6) is 0 Å². The summed E-state index contributed by atoms with van der Waals surface area (Å²) in [5.41, 5.74) is 0.140. The maximum absolute atomic E-state index is 13.8. The van der Waals surface area contributed by atoms with Gasteiger partial charge < -0.3 is 10.3 Å². The number of H-pyrrole nitrogens is 1. The van der Waals surface area contributed by atoms with Gasteiger partial charge >= 0.3 is 0 Å². The Morgan fingerprint density at radius 1 is 1.37 bits per heavy atom. The van der Waals surface area contributed by atoms with E-state index in [-0.39, 0.29) is 15.6 Å². The molecule has 0 fully saturated rings. The SMILES string of the molecule is CNCc1cc(F)c(Sc2nccc(=O)[nH]2)c(F)c1. The molecule has 0 bridgehead atoms. The quantitative estimate of drug-likeness (QED) is 0.842. The van der Waals surface area contributed by atoms with Crippen molar-refractivity contribution in [1.82, 2.24) is 15.3 Å². The normalized spacial score (nSPS) is 10.7. The van der Waals surface area contributed by atoms with Crippen LogP contribution < -0.4 is 10.9 Å². The molecule has 0 aliphatic heterocycles. The van der Waals surface area contributed by atoms with Gasteiger partial charge in [-0.15, -0.1) is 0 Å². The second-order valence-electron chi connectivity index (χ2n) is 3.76. The minimum absolute atomic E-state index is 0.145. The fourth-order valence-electron chi connectivity index (χ4n) is 1.52. The van der Waals surface area contributed by atoms with Crippen molar-refractivity contribution < 1.29 is 8.78 Å². The van der Waals surface area contributed by atoms with Gasteiger partial charge in [-0.05, 0) is 36.5 Å². The highest BCUT2D eigenvalue weighted by molar-refractivity contribution is 7.99. The zero-order valence-corrected chi connectivity index (χ0v) is 10.9. The molecule has 4 nitrogen and oxygen atoms in total. The highest BCUT2D eigenvalue weighted by Gasteiger charge is 2.13. The zero-order valence-electron chi connectivity index (χ0n) is 10.0. The fraction of sp³-hybridized carbons (Fsp3) is 0.167. The summed E-state index contributed by atoms with van der Waals surface area (Å²) < 4.78 is 27.6. The molecule has 0 saturated heterocycles. The van der Waals surface area contributed by atoms with Gasteiger partial charge in [0.25, 0.3) is 5.56 Å². The van der Waals surface area contributed by atoms with Crippen molar-refractivity contribution in [1.29, 1.82) is 0 Å². The summed E-state index contributed by atoms with van der Waals surface area (Å²) in [7, 11) is 1.69. The Morgan fingerprint density at radius 2 is 2.05 bits per heavy atom. The monoisotopic (exact) mass is 283 g/mol. The van der Waals surface area contributed by atoms with Crippen molar-refractivity contribution in [3.63, 3.8) is 0 Å². The summed E-state index contributed by atoms with van der Waals surface area (Å²) in [4.78, 5) is 17.1. The number of nitrogens with one attached hydrogen (secondary N) is 2. The maximum Gasteiger partial charge on any atom is 0.251 e. The van der Waals surface area contributed by atoms with E-state index in [4.69, 9.17) is 0 Å². The lowest BCUT2D eigenvalue weighted by atomic mass is 10.2. The molecule has 1 aromatic heterocycles. The van der Waals surface area contributed by atoms with Gasteiger partial charge in [0.05, 0.1) is 4.90 Å². The topological polar surface area (TPSA) is 57.8 Å². The van der Waals surface area contributed by atoms with E-state index in [0.29, 0.717) is 12.1 Å². The summed E-state index contributed by atoms with van der Waals surface area (Å²) in [6, 6.07) is 3.73. The van der Waals surface area contributed by atoms with Gasteiger partial charge in [-0.3, -0.25) is 4.79 Å². The Labute approximate surface area is 112 Å².